The summed E-state index contributed by atoms with van der Waals surface area (Å²) in [6.45, 7) is 13.9. The average Bonchev–Trinajstić information content (AvgIpc) is 3.32. The zero-order valence-corrected chi connectivity index (χ0v) is 28.1. The molecule has 0 aliphatic heterocycles. The minimum atomic E-state index is -1.40. The Balaban J connectivity index is 0.000000238. The van der Waals surface area contributed by atoms with Gasteiger partial charge in [0.2, 0.25) is 0 Å². The van der Waals surface area contributed by atoms with E-state index in [-0.39, 0.29) is 25.5 Å². The van der Waals surface area contributed by atoms with E-state index >= 15 is 0 Å². The van der Waals surface area contributed by atoms with Gasteiger partial charge in [-0.15, -0.1) is 59.7 Å². The van der Waals surface area contributed by atoms with E-state index in [2.05, 4.69) is 93.9 Å². The van der Waals surface area contributed by atoms with Gasteiger partial charge in [-0.3, -0.25) is 0 Å². The van der Waals surface area contributed by atoms with Crippen LogP contribution in [0.25, 0.3) is 42.7 Å². The van der Waals surface area contributed by atoms with Gasteiger partial charge in [0.05, 0.1) is 8.07 Å². The van der Waals surface area contributed by atoms with Crippen LogP contribution in [-0.4, -0.2) is 18.0 Å². The monoisotopic (exact) mass is 735 g/mol. The second kappa shape index (κ2) is 12.3. The second-order valence-corrected chi connectivity index (χ2v) is 17.9. The maximum atomic E-state index is 4.79. The van der Waals surface area contributed by atoms with Crippen LogP contribution in [0.2, 0.25) is 19.6 Å². The Morgan fingerprint density at radius 3 is 2.10 bits per heavy atom. The van der Waals surface area contributed by atoms with Crippen LogP contribution in [0, 0.1) is 12.1 Å². The number of aromatic nitrogens is 2. The Bertz CT molecular complexity index is 1660. The Morgan fingerprint density at radius 2 is 1.48 bits per heavy atom. The third-order valence-corrected chi connectivity index (χ3v) is 10.3. The third kappa shape index (κ3) is 6.50. The van der Waals surface area contributed by atoms with Gasteiger partial charge in [0.15, 0.2) is 0 Å². The van der Waals surface area contributed by atoms with Crippen LogP contribution >= 0.6 is 11.3 Å². The Hall–Kier alpha value is -2.95. The van der Waals surface area contributed by atoms with E-state index in [0.29, 0.717) is 0 Å². The molecule has 3 heterocycles. The average molecular weight is 735 g/mol. The van der Waals surface area contributed by atoms with Crippen molar-refractivity contribution in [1.29, 1.82) is 0 Å². The summed E-state index contributed by atoms with van der Waals surface area (Å²) in [5, 5.41) is 4.24. The van der Waals surface area contributed by atoms with E-state index < -0.39 is 8.07 Å². The zero-order chi connectivity index (χ0) is 27.6. The van der Waals surface area contributed by atoms with Gasteiger partial charge in [0.25, 0.3) is 0 Å². The summed E-state index contributed by atoms with van der Waals surface area (Å²) in [7, 11) is -1.40. The number of hydrogen-bond acceptors (Lipinski definition) is 3. The van der Waals surface area contributed by atoms with Crippen LogP contribution in [0.15, 0.2) is 97.3 Å². The first kappa shape index (κ1) is 30.0. The molecule has 0 N–H and O–H groups in total. The largest absolute Gasteiger partial charge is 0.305 e. The number of thiophene rings is 1. The van der Waals surface area contributed by atoms with Crippen LogP contribution in [0.1, 0.15) is 26.3 Å². The third-order valence-electron chi connectivity index (χ3n) is 6.80. The fraction of sp³-hybridized carbons (Fsp3) is 0.200. The molecule has 0 aliphatic rings. The molecular weight excluding hydrogens is 701 g/mol. The summed E-state index contributed by atoms with van der Waals surface area (Å²) in [4.78, 5) is 9.01. The van der Waals surface area contributed by atoms with E-state index in [1.807, 2.05) is 66.1 Å². The van der Waals surface area contributed by atoms with Crippen LogP contribution in [0.4, 0.5) is 0 Å². The van der Waals surface area contributed by atoms with Gasteiger partial charge in [-0.2, -0.15) is 11.3 Å². The minimum Gasteiger partial charge on any atom is -0.305 e. The summed E-state index contributed by atoms with van der Waals surface area (Å²) in [6, 6.07) is 35.7. The molecule has 6 aromatic rings. The Kier molecular flexibility index (Phi) is 9.21. The molecule has 205 valence electrons. The standard InChI is InChI=1S/C24H26NSSi.C11H8N.Ir/c1-24(2,3)16-13-14-20(25-15-16)19-11-7-9-17-18-10-8-12-21(27(4,5)6)23(18)26-22(17)19;1-2-6-10(7-3-1)11-8-4-5-9-12-11;/h7-10,12-15H,1-6H3;1-6,8-9H;/q2*-1;. The molecule has 2 nitrogen and oxygen atoms in total. The van der Waals surface area contributed by atoms with Crippen molar-refractivity contribution >= 4 is 44.8 Å². The van der Waals surface area contributed by atoms with Gasteiger partial charge >= 0.3 is 0 Å². The molecular formula is C35H34IrN2SSi-2. The van der Waals surface area contributed by atoms with Crippen molar-refractivity contribution in [3.63, 3.8) is 0 Å². The minimum absolute atomic E-state index is 0. The molecule has 0 fully saturated rings. The van der Waals surface area contributed by atoms with E-state index in [9.17, 15) is 0 Å². The van der Waals surface area contributed by atoms with Gasteiger partial charge in [-0.25, -0.2) is 0 Å². The maximum Gasteiger partial charge on any atom is 0.0794 e. The molecule has 5 heteroatoms. The van der Waals surface area contributed by atoms with Gasteiger partial charge < -0.3 is 9.97 Å². The molecule has 0 atom stereocenters. The maximum absolute atomic E-state index is 4.79. The predicted octanol–water partition coefficient (Wildman–Crippen LogP) is 9.31. The van der Waals surface area contributed by atoms with E-state index in [1.54, 1.807) is 11.4 Å². The molecule has 0 saturated heterocycles. The van der Waals surface area contributed by atoms with Crippen molar-refractivity contribution < 1.29 is 20.1 Å². The van der Waals surface area contributed by atoms with Gasteiger partial charge in [0, 0.05) is 37.2 Å². The van der Waals surface area contributed by atoms with Crippen molar-refractivity contribution in [2.24, 2.45) is 0 Å². The van der Waals surface area contributed by atoms with Crippen LogP contribution in [-0.2, 0) is 25.5 Å². The first-order chi connectivity index (χ1) is 18.6. The number of rotatable bonds is 3. The molecule has 0 saturated carbocycles. The molecule has 40 heavy (non-hydrogen) atoms. The van der Waals surface area contributed by atoms with Crippen molar-refractivity contribution in [3.05, 3.63) is 115 Å². The summed E-state index contributed by atoms with van der Waals surface area (Å²) >= 11 is 1.91. The van der Waals surface area contributed by atoms with E-state index in [4.69, 9.17) is 4.98 Å². The van der Waals surface area contributed by atoms with Gasteiger partial charge in [0.1, 0.15) is 0 Å². The Labute approximate surface area is 256 Å². The van der Waals surface area contributed by atoms with Crippen molar-refractivity contribution in [2.75, 3.05) is 0 Å². The van der Waals surface area contributed by atoms with Crippen molar-refractivity contribution in [1.82, 2.24) is 9.97 Å². The molecule has 3 aromatic carbocycles. The molecule has 0 unspecified atom stereocenters. The topological polar surface area (TPSA) is 25.8 Å². The fourth-order valence-corrected chi connectivity index (χ4v) is 8.31. The molecule has 0 spiro atoms. The quantitative estimate of drug-likeness (QED) is 0.134. The predicted molar refractivity (Wildman–Crippen MR) is 172 cm³/mol. The summed E-state index contributed by atoms with van der Waals surface area (Å²) in [5.74, 6) is 0. The van der Waals surface area contributed by atoms with Crippen molar-refractivity contribution in [2.45, 2.75) is 45.8 Å². The first-order valence-electron chi connectivity index (χ1n) is 13.3. The zero-order valence-electron chi connectivity index (χ0n) is 23.9. The smallest absolute Gasteiger partial charge is 0.0794 e. The van der Waals surface area contributed by atoms with E-state index in [0.717, 1.165) is 22.5 Å². The number of benzene rings is 3. The number of fused-ring (bicyclic) bond motifs is 3. The molecule has 0 aliphatic carbocycles. The summed E-state index contributed by atoms with van der Waals surface area (Å²) in [5.41, 5.74) is 5.52. The summed E-state index contributed by atoms with van der Waals surface area (Å²) in [6.07, 6.45) is 3.80. The Morgan fingerprint density at radius 1 is 0.700 bits per heavy atom. The molecule has 3 aromatic heterocycles. The number of nitrogens with zero attached hydrogens (tertiary/aromatic N) is 2. The molecule has 1 radical (unpaired) electrons. The molecule has 6 rings (SSSR count). The SMILES string of the molecule is CC(C)(C)c1ccc(-c2[c-]ccc3c2sc2c([Si](C)(C)C)cccc23)nc1.[Ir].[c-]1ccccc1-c1ccccn1. The van der Waals surface area contributed by atoms with Crippen LogP contribution in [0.5, 0.6) is 0 Å². The number of pyridine rings is 2. The first-order valence-corrected chi connectivity index (χ1v) is 17.7. The summed E-state index contributed by atoms with van der Waals surface area (Å²) < 4.78 is 2.74. The fourth-order valence-electron chi connectivity index (χ4n) is 4.60. The van der Waals surface area contributed by atoms with Crippen LogP contribution < -0.4 is 5.19 Å². The normalized spacial score (nSPS) is 11.6. The molecule has 0 bridgehead atoms. The van der Waals surface area contributed by atoms with E-state index in [1.165, 1.54) is 25.7 Å². The molecule has 0 amide bonds. The van der Waals surface area contributed by atoms with Gasteiger partial charge in [-0.1, -0.05) is 88.3 Å². The van der Waals surface area contributed by atoms with Gasteiger partial charge in [-0.05, 0) is 43.7 Å². The van der Waals surface area contributed by atoms with Crippen molar-refractivity contribution in [3.8, 4) is 22.5 Å². The second-order valence-electron chi connectivity index (χ2n) is 11.8. The number of hydrogen-bond donors (Lipinski definition) is 0. The van der Waals surface area contributed by atoms with Crippen LogP contribution in [0.3, 0.4) is 0 Å².